The Morgan fingerprint density at radius 1 is 1.40 bits per heavy atom. The molecule has 1 atom stereocenters. The molecule has 2 aliphatic rings. The van der Waals surface area contributed by atoms with E-state index in [1.165, 1.54) is 25.9 Å². The Labute approximate surface area is 62.7 Å². The second-order valence-corrected chi connectivity index (χ2v) is 3.59. The minimum absolute atomic E-state index is 0.850. The van der Waals surface area contributed by atoms with Crippen LogP contribution in [0.15, 0.2) is 11.3 Å². The van der Waals surface area contributed by atoms with E-state index in [9.17, 15) is 0 Å². The van der Waals surface area contributed by atoms with Gasteiger partial charge in [0.15, 0.2) is 0 Å². The van der Waals surface area contributed by atoms with Gasteiger partial charge in [-0.25, -0.2) is 0 Å². The average Bonchev–Trinajstić information content (AvgIpc) is 2.40. The molecule has 56 valence electrons. The quantitative estimate of drug-likeness (QED) is 0.493. The maximum Gasteiger partial charge on any atom is 0.0213 e. The summed E-state index contributed by atoms with van der Waals surface area (Å²) in [5.41, 5.74) is 3.31. The summed E-state index contributed by atoms with van der Waals surface area (Å²) < 4.78 is 0. The van der Waals surface area contributed by atoms with Crippen molar-refractivity contribution in [2.45, 2.75) is 26.7 Å². The number of rotatable bonds is 0. The summed E-state index contributed by atoms with van der Waals surface area (Å²) in [6.07, 6.45) is 2.70. The Kier molecular flexibility index (Phi) is 1.26. The smallest absolute Gasteiger partial charge is 0.0213 e. The second kappa shape index (κ2) is 2.01. The summed E-state index contributed by atoms with van der Waals surface area (Å²) in [7, 11) is 0. The van der Waals surface area contributed by atoms with Gasteiger partial charge in [-0.05, 0) is 25.7 Å². The fraction of sp³-hybridized carbons (Fsp3) is 0.778. The number of allylic oxidation sites excluding steroid dienone is 1. The van der Waals surface area contributed by atoms with Crippen molar-refractivity contribution in [1.29, 1.82) is 0 Å². The molecule has 2 aliphatic heterocycles. The maximum absolute atomic E-state index is 2.56. The van der Waals surface area contributed by atoms with Crippen molar-refractivity contribution in [1.82, 2.24) is 4.90 Å². The van der Waals surface area contributed by atoms with Crippen LogP contribution in [0.1, 0.15) is 26.7 Å². The van der Waals surface area contributed by atoms with Gasteiger partial charge in [-0.1, -0.05) is 12.5 Å². The van der Waals surface area contributed by atoms with Gasteiger partial charge in [0, 0.05) is 18.8 Å². The highest BCUT2D eigenvalue weighted by Gasteiger charge is 2.29. The van der Waals surface area contributed by atoms with Crippen LogP contribution in [0.3, 0.4) is 0 Å². The fourth-order valence-electron chi connectivity index (χ4n) is 2.27. The largest absolute Gasteiger partial charge is 0.374 e. The Hall–Kier alpha value is -0.460. The molecule has 0 aromatic carbocycles. The Morgan fingerprint density at radius 2 is 2.20 bits per heavy atom. The topological polar surface area (TPSA) is 3.24 Å². The summed E-state index contributed by atoms with van der Waals surface area (Å²) in [5.74, 6) is 0.850. The van der Waals surface area contributed by atoms with Gasteiger partial charge in [0.05, 0.1) is 0 Å². The molecule has 2 heterocycles. The van der Waals surface area contributed by atoms with E-state index in [0.717, 1.165) is 5.92 Å². The highest BCUT2D eigenvalue weighted by molar-refractivity contribution is 5.22. The molecule has 1 fully saturated rings. The normalized spacial score (nSPS) is 31.8. The molecular formula is C9H15N. The summed E-state index contributed by atoms with van der Waals surface area (Å²) in [5, 5.41) is 0. The van der Waals surface area contributed by atoms with Gasteiger partial charge in [0.25, 0.3) is 0 Å². The molecule has 10 heavy (non-hydrogen) atoms. The van der Waals surface area contributed by atoms with Gasteiger partial charge in [-0.3, -0.25) is 0 Å². The lowest BCUT2D eigenvalue weighted by Gasteiger charge is -2.13. The van der Waals surface area contributed by atoms with Gasteiger partial charge in [-0.2, -0.15) is 0 Å². The fourth-order valence-corrected chi connectivity index (χ4v) is 2.27. The van der Waals surface area contributed by atoms with Crippen molar-refractivity contribution in [2.75, 3.05) is 13.1 Å². The number of hydrogen-bond acceptors (Lipinski definition) is 1. The number of fused-ring (bicyclic) bond motifs is 1. The minimum Gasteiger partial charge on any atom is -0.374 e. The predicted octanol–water partition coefficient (Wildman–Crippen LogP) is 2.01. The van der Waals surface area contributed by atoms with Crippen molar-refractivity contribution in [3.05, 3.63) is 11.3 Å². The maximum atomic E-state index is 2.56. The van der Waals surface area contributed by atoms with Crippen LogP contribution >= 0.6 is 0 Å². The van der Waals surface area contributed by atoms with E-state index < -0.39 is 0 Å². The van der Waals surface area contributed by atoms with Gasteiger partial charge in [-0.15, -0.1) is 0 Å². The summed E-state index contributed by atoms with van der Waals surface area (Å²) in [6.45, 7) is 7.25. The molecule has 2 rings (SSSR count). The summed E-state index contributed by atoms with van der Waals surface area (Å²) >= 11 is 0. The molecule has 0 N–H and O–H groups in total. The first kappa shape index (κ1) is 6.26. The number of nitrogens with zero attached hydrogens (tertiary/aromatic N) is 1. The van der Waals surface area contributed by atoms with Crippen LogP contribution in [0.4, 0.5) is 0 Å². The Bertz CT molecular complexity index is 181. The third-order valence-corrected chi connectivity index (χ3v) is 2.83. The highest BCUT2D eigenvalue weighted by atomic mass is 15.2. The molecule has 1 unspecified atom stereocenters. The molecule has 1 heteroatoms. The molecular weight excluding hydrogens is 122 g/mol. The third-order valence-electron chi connectivity index (χ3n) is 2.83. The van der Waals surface area contributed by atoms with E-state index in [1.807, 2.05) is 0 Å². The van der Waals surface area contributed by atoms with Crippen LogP contribution in [-0.2, 0) is 0 Å². The molecule has 0 radical (unpaired) electrons. The van der Waals surface area contributed by atoms with Crippen LogP contribution in [0.5, 0.6) is 0 Å². The Morgan fingerprint density at radius 3 is 2.90 bits per heavy atom. The summed E-state index contributed by atoms with van der Waals surface area (Å²) in [4.78, 5) is 2.56. The lowest BCUT2D eigenvalue weighted by atomic mass is 10.0. The van der Waals surface area contributed by atoms with E-state index in [0.29, 0.717) is 0 Å². The molecule has 0 aromatic heterocycles. The van der Waals surface area contributed by atoms with Gasteiger partial charge >= 0.3 is 0 Å². The van der Waals surface area contributed by atoms with E-state index >= 15 is 0 Å². The molecule has 0 spiro atoms. The van der Waals surface area contributed by atoms with E-state index in [4.69, 9.17) is 0 Å². The zero-order valence-electron chi connectivity index (χ0n) is 6.85. The van der Waals surface area contributed by atoms with Crippen LogP contribution < -0.4 is 0 Å². The van der Waals surface area contributed by atoms with Crippen molar-refractivity contribution in [2.24, 2.45) is 5.92 Å². The van der Waals surface area contributed by atoms with Gasteiger partial charge in [0.2, 0.25) is 0 Å². The molecule has 1 nitrogen and oxygen atoms in total. The van der Waals surface area contributed by atoms with Gasteiger partial charge < -0.3 is 4.90 Å². The number of hydrogen-bond donors (Lipinski definition) is 0. The monoisotopic (exact) mass is 137 g/mol. The molecule has 0 aliphatic carbocycles. The van der Waals surface area contributed by atoms with Crippen LogP contribution in [-0.4, -0.2) is 18.0 Å². The van der Waals surface area contributed by atoms with E-state index in [1.54, 1.807) is 11.3 Å². The van der Waals surface area contributed by atoms with Gasteiger partial charge in [0.1, 0.15) is 0 Å². The Balaban J connectivity index is 2.31. The molecule has 0 bridgehead atoms. The molecule has 0 aromatic rings. The second-order valence-electron chi connectivity index (χ2n) is 3.59. The lowest BCUT2D eigenvalue weighted by molar-refractivity contribution is 0.426. The molecule has 0 amide bonds. The zero-order valence-corrected chi connectivity index (χ0v) is 6.85. The lowest BCUT2D eigenvalue weighted by Crippen LogP contribution is -2.13. The van der Waals surface area contributed by atoms with Crippen LogP contribution in [0.2, 0.25) is 0 Å². The van der Waals surface area contributed by atoms with E-state index in [-0.39, 0.29) is 0 Å². The first-order valence-electron chi connectivity index (χ1n) is 4.23. The highest BCUT2D eigenvalue weighted by Crippen LogP contribution is 2.35. The van der Waals surface area contributed by atoms with Crippen LogP contribution in [0, 0.1) is 5.92 Å². The SMILES string of the molecule is CC1=C2C(C)CCN2CC1. The molecule has 0 saturated carbocycles. The van der Waals surface area contributed by atoms with Crippen molar-refractivity contribution < 1.29 is 0 Å². The zero-order chi connectivity index (χ0) is 7.14. The average molecular weight is 137 g/mol. The minimum atomic E-state index is 0.850. The third kappa shape index (κ3) is 0.695. The predicted molar refractivity (Wildman–Crippen MR) is 42.7 cm³/mol. The van der Waals surface area contributed by atoms with Crippen molar-refractivity contribution in [3.8, 4) is 0 Å². The van der Waals surface area contributed by atoms with Crippen molar-refractivity contribution >= 4 is 0 Å². The van der Waals surface area contributed by atoms with E-state index in [2.05, 4.69) is 18.7 Å². The van der Waals surface area contributed by atoms with Crippen molar-refractivity contribution in [3.63, 3.8) is 0 Å². The molecule has 1 saturated heterocycles. The first-order valence-corrected chi connectivity index (χ1v) is 4.23. The summed E-state index contributed by atoms with van der Waals surface area (Å²) in [6, 6.07) is 0. The first-order chi connectivity index (χ1) is 4.79. The van der Waals surface area contributed by atoms with Crippen LogP contribution in [0.25, 0.3) is 0 Å². The standard InChI is InChI=1S/C9H15N/c1-7-3-5-10-6-4-8(2)9(7)10/h7H,3-6H2,1-2H3.